The molecule has 2 aromatic carbocycles. The number of hydrogen-bond acceptors (Lipinski definition) is 6. The van der Waals surface area contributed by atoms with Gasteiger partial charge in [-0.15, -0.1) is 0 Å². The molecule has 0 bridgehead atoms. The zero-order chi connectivity index (χ0) is 23.4. The van der Waals surface area contributed by atoms with Crippen LogP contribution in [0.2, 0.25) is 0 Å². The molecule has 7 nitrogen and oxygen atoms in total. The molecular formula is C26H29N5O2. The molecule has 3 aromatic rings. The van der Waals surface area contributed by atoms with Crippen molar-refractivity contribution in [3.05, 3.63) is 70.0 Å². The first-order valence-electron chi connectivity index (χ1n) is 11.3. The van der Waals surface area contributed by atoms with Crippen LogP contribution >= 0.6 is 0 Å². The van der Waals surface area contributed by atoms with E-state index >= 15 is 0 Å². The van der Waals surface area contributed by atoms with E-state index in [-0.39, 0.29) is 12.2 Å². The molecule has 7 heteroatoms. The monoisotopic (exact) mass is 443 g/mol. The number of nitriles is 1. The summed E-state index contributed by atoms with van der Waals surface area (Å²) in [5.74, 6) is 0.662. The third-order valence-corrected chi connectivity index (χ3v) is 6.38. The van der Waals surface area contributed by atoms with Gasteiger partial charge in [0.1, 0.15) is 0 Å². The van der Waals surface area contributed by atoms with Gasteiger partial charge in [0.25, 0.3) is 5.56 Å². The lowest BCUT2D eigenvalue weighted by atomic mass is 9.98. The van der Waals surface area contributed by atoms with Crippen LogP contribution in [0.4, 0.5) is 5.95 Å². The van der Waals surface area contributed by atoms with E-state index in [0.29, 0.717) is 35.2 Å². The minimum atomic E-state index is -0.106. The van der Waals surface area contributed by atoms with Crippen LogP contribution in [0.15, 0.2) is 53.3 Å². The molecule has 0 amide bonds. The normalized spacial score (nSPS) is 14.3. The maximum absolute atomic E-state index is 13.7. The van der Waals surface area contributed by atoms with Gasteiger partial charge in [-0.25, -0.2) is 4.98 Å². The van der Waals surface area contributed by atoms with Crippen LogP contribution in [0.5, 0.6) is 0 Å². The molecule has 33 heavy (non-hydrogen) atoms. The van der Waals surface area contributed by atoms with Crippen LogP contribution in [0.3, 0.4) is 0 Å². The molecule has 1 aliphatic rings. The van der Waals surface area contributed by atoms with Crippen molar-refractivity contribution < 1.29 is 5.11 Å². The quantitative estimate of drug-likeness (QED) is 0.608. The highest BCUT2D eigenvalue weighted by Gasteiger charge is 2.24. The lowest BCUT2D eigenvalue weighted by Crippen LogP contribution is -2.43. The Morgan fingerprint density at radius 3 is 2.30 bits per heavy atom. The summed E-state index contributed by atoms with van der Waals surface area (Å²) in [6.07, 6.45) is 2.56. The molecule has 4 rings (SSSR count). The number of piperidine rings is 1. The molecule has 0 saturated carbocycles. The second-order valence-electron chi connectivity index (χ2n) is 8.41. The fourth-order valence-corrected chi connectivity index (χ4v) is 4.38. The Bertz CT molecular complexity index is 1200. The summed E-state index contributed by atoms with van der Waals surface area (Å²) in [6.45, 7) is 1.74. The Hall–Kier alpha value is -3.47. The highest BCUT2D eigenvalue weighted by Crippen LogP contribution is 2.31. The highest BCUT2D eigenvalue weighted by atomic mass is 16.3. The number of aliphatic hydroxyl groups excluding tert-OH is 1. The molecule has 170 valence electrons. The van der Waals surface area contributed by atoms with Crippen LogP contribution in [0.1, 0.15) is 24.0 Å². The van der Waals surface area contributed by atoms with Crippen LogP contribution in [-0.2, 0) is 13.5 Å². The second-order valence-corrected chi connectivity index (χ2v) is 8.41. The van der Waals surface area contributed by atoms with Crippen molar-refractivity contribution in [2.24, 2.45) is 7.05 Å². The van der Waals surface area contributed by atoms with E-state index in [0.717, 1.165) is 42.6 Å². The van der Waals surface area contributed by atoms with Gasteiger partial charge >= 0.3 is 0 Å². The Kier molecular flexibility index (Phi) is 6.87. The SMILES string of the molecule is CNC1CCN(c2nc(-c3ccc(C#N)cc3)c(-c3ccc(CCO)cc3)c(=O)n2C)CC1. The van der Waals surface area contributed by atoms with Crippen molar-refractivity contribution in [3.63, 3.8) is 0 Å². The minimum absolute atomic E-state index is 0.0814. The lowest BCUT2D eigenvalue weighted by Gasteiger charge is -2.33. The number of aliphatic hydroxyl groups is 1. The number of aromatic nitrogens is 2. The predicted molar refractivity (Wildman–Crippen MR) is 130 cm³/mol. The first-order valence-corrected chi connectivity index (χ1v) is 11.3. The van der Waals surface area contributed by atoms with E-state index in [4.69, 9.17) is 4.98 Å². The standard InChI is InChI=1S/C26H29N5O2/c1-28-22-11-14-31(15-12-22)26-29-24(21-9-5-19(17-27)6-10-21)23(25(33)30(26)2)20-7-3-18(4-8-20)13-16-32/h3-10,22,28,32H,11-16H2,1-2H3. The summed E-state index contributed by atoms with van der Waals surface area (Å²) >= 11 is 0. The van der Waals surface area contributed by atoms with Gasteiger partial charge in [-0.05, 0) is 49.6 Å². The number of nitrogens with one attached hydrogen (secondary N) is 1. The number of benzene rings is 2. The maximum atomic E-state index is 13.7. The molecule has 2 N–H and O–H groups in total. The molecular weight excluding hydrogens is 414 g/mol. The third kappa shape index (κ3) is 4.68. The van der Waals surface area contributed by atoms with Gasteiger partial charge in [-0.1, -0.05) is 36.4 Å². The number of anilines is 1. The van der Waals surface area contributed by atoms with E-state index in [1.807, 2.05) is 43.4 Å². The predicted octanol–water partition coefficient (Wildman–Crippen LogP) is 2.71. The van der Waals surface area contributed by atoms with Crippen molar-refractivity contribution in [1.29, 1.82) is 5.26 Å². The molecule has 1 aromatic heterocycles. The van der Waals surface area contributed by atoms with Crippen molar-refractivity contribution in [3.8, 4) is 28.5 Å². The van der Waals surface area contributed by atoms with Crippen molar-refractivity contribution in [2.75, 3.05) is 31.6 Å². The van der Waals surface area contributed by atoms with Crippen molar-refractivity contribution >= 4 is 5.95 Å². The lowest BCUT2D eigenvalue weighted by molar-refractivity contribution is 0.299. The first-order chi connectivity index (χ1) is 16.0. The van der Waals surface area contributed by atoms with Crippen molar-refractivity contribution in [1.82, 2.24) is 14.9 Å². The number of nitrogens with zero attached hydrogens (tertiary/aromatic N) is 4. The third-order valence-electron chi connectivity index (χ3n) is 6.38. The fraction of sp³-hybridized carbons (Fsp3) is 0.346. The van der Waals surface area contributed by atoms with E-state index in [1.54, 1.807) is 23.7 Å². The van der Waals surface area contributed by atoms with Crippen LogP contribution in [0, 0.1) is 11.3 Å². The highest BCUT2D eigenvalue weighted by molar-refractivity contribution is 5.81. The van der Waals surface area contributed by atoms with Crippen molar-refractivity contribution in [2.45, 2.75) is 25.3 Å². The van der Waals surface area contributed by atoms with Gasteiger partial charge in [0.05, 0.1) is 22.9 Å². The van der Waals surface area contributed by atoms with E-state index in [9.17, 15) is 15.2 Å². The maximum Gasteiger partial charge on any atom is 0.263 e. The van der Waals surface area contributed by atoms with E-state index < -0.39 is 0 Å². The summed E-state index contributed by atoms with van der Waals surface area (Å²) in [6, 6.07) is 17.5. The fourth-order valence-electron chi connectivity index (χ4n) is 4.38. The first kappa shape index (κ1) is 22.7. The summed E-state index contributed by atoms with van der Waals surface area (Å²) in [4.78, 5) is 20.9. The van der Waals surface area contributed by atoms with Gasteiger partial charge in [0.15, 0.2) is 0 Å². The zero-order valence-corrected chi connectivity index (χ0v) is 19.1. The largest absolute Gasteiger partial charge is 0.396 e. The Balaban J connectivity index is 1.85. The zero-order valence-electron chi connectivity index (χ0n) is 19.1. The molecule has 0 spiro atoms. The summed E-state index contributed by atoms with van der Waals surface area (Å²) < 4.78 is 1.64. The smallest absolute Gasteiger partial charge is 0.263 e. The average molecular weight is 444 g/mol. The molecule has 2 heterocycles. The molecule has 1 fully saturated rings. The molecule has 0 radical (unpaired) electrons. The molecule has 0 aliphatic carbocycles. The molecule has 1 saturated heterocycles. The van der Waals surface area contributed by atoms with Gasteiger partial charge in [0, 0.05) is 38.3 Å². The van der Waals surface area contributed by atoms with Crippen LogP contribution < -0.4 is 15.8 Å². The molecule has 0 atom stereocenters. The Morgan fingerprint density at radius 2 is 1.73 bits per heavy atom. The van der Waals surface area contributed by atoms with Crippen LogP contribution in [-0.4, -0.2) is 47.4 Å². The van der Waals surface area contributed by atoms with E-state index in [2.05, 4.69) is 16.3 Å². The topological polar surface area (TPSA) is 94.2 Å². The minimum Gasteiger partial charge on any atom is -0.396 e. The number of hydrogen-bond donors (Lipinski definition) is 2. The summed E-state index contributed by atoms with van der Waals surface area (Å²) in [5, 5.41) is 21.7. The molecule has 0 unspecified atom stereocenters. The molecule has 1 aliphatic heterocycles. The Morgan fingerprint density at radius 1 is 1.09 bits per heavy atom. The van der Waals surface area contributed by atoms with Gasteiger partial charge in [0.2, 0.25) is 5.95 Å². The van der Waals surface area contributed by atoms with Crippen LogP contribution in [0.25, 0.3) is 22.4 Å². The Labute approximate surface area is 193 Å². The van der Waals surface area contributed by atoms with Gasteiger partial charge < -0.3 is 15.3 Å². The van der Waals surface area contributed by atoms with Gasteiger partial charge in [-0.3, -0.25) is 9.36 Å². The second kappa shape index (κ2) is 9.99. The average Bonchev–Trinajstić information content (AvgIpc) is 2.86. The van der Waals surface area contributed by atoms with Gasteiger partial charge in [-0.2, -0.15) is 5.26 Å². The summed E-state index contributed by atoms with van der Waals surface area (Å²) in [7, 11) is 3.76. The number of rotatable bonds is 6. The van der Waals surface area contributed by atoms with E-state index in [1.165, 1.54) is 0 Å². The summed E-state index contributed by atoms with van der Waals surface area (Å²) in [5.41, 5.74) is 4.19.